The number of allylic oxidation sites excluding steroid dienone is 3. The van der Waals surface area contributed by atoms with Gasteiger partial charge in [0.1, 0.15) is 0 Å². The Balaban J connectivity index is 2.33. The zero-order valence-electron chi connectivity index (χ0n) is 12.2. The smallest absolute Gasteiger partial charge is 0.336 e. The first-order valence-electron chi connectivity index (χ1n) is 6.83. The third-order valence-electron chi connectivity index (χ3n) is 3.23. The van der Waals surface area contributed by atoms with E-state index in [0.717, 1.165) is 11.1 Å². The monoisotopic (exact) mass is 289 g/mol. The Hall–Kier alpha value is -3.12. The van der Waals surface area contributed by atoms with Crippen LogP contribution in [0.15, 0.2) is 66.8 Å². The highest BCUT2D eigenvalue weighted by molar-refractivity contribution is 6.15. The number of aliphatic carboxylic acids is 1. The van der Waals surface area contributed by atoms with Crippen molar-refractivity contribution in [3.8, 4) is 17.2 Å². The van der Waals surface area contributed by atoms with Gasteiger partial charge >= 0.3 is 5.97 Å². The van der Waals surface area contributed by atoms with Crippen molar-refractivity contribution in [2.75, 3.05) is 0 Å². The lowest BCUT2D eigenvalue weighted by atomic mass is 9.99. The van der Waals surface area contributed by atoms with Crippen molar-refractivity contribution in [2.45, 2.75) is 6.92 Å². The Labute approximate surface area is 129 Å². The summed E-state index contributed by atoms with van der Waals surface area (Å²) >= 11 is 0. The molecule has 108 valence electrons. The first-order valence-corrected chi connectivity index (χ1v) is 6.83. The molecule has 0 saturated carbocycles. The molecule has 2 aromatic rings. The normalized spacial score (nSPS) is 11.4. The Kier molecular flexibility index (Phi) is 4.89. The fraction of sp³-hybridized carbons (Fsp3) is 0.0526. The highest BCUT2D eigenvalue weighted by Gasteiger charge is 2.09. The van der Waals surface area contributed by atoms with Crippen LogP contribution in [-0.2, 0) is 4.79 Å². The van der Waals surface area contributed by atoms with Crippen molar-refractivity contribution >= 4 is 11.5 Å². The summed E-state index contributed by atoms with van der Waals surface area (Å²) in [6, 6.07) is 16.7. The summed E-state index contributed by atoms with van der Waals surface area (Å²) in [5, 5.41) is 18.1. The highest BCUT2D eigenvalue weighted by atomic mass is 16.4. The van der Waals surface area contributed by atoms with Crippen LogP contribution in [0.4, 0.5) is 0 Å². The van der Waals surface area contributed by atoms with Crippen molar-refractivity contribution in [1.29, 1.82) is 5.26 Å². The molecule has 22 heavy (non-hydrogen) atoms. The van der Waals surface area contributed by atoms with Crippen LogP contribution in [0.2, 0.25) is 0 Å². The minimum Gasteiger partial charge on any atom is -0.478 e. The van der Waals surface area contributed by atoms with E-state index in [1.165, 1.54) is 0 Å². The summed E-state index contributed by atoms with van der Waals surface area (Å²) in [6.45, 7) is 1.84. The van der Waals surface area contributed by atoms with Crippen molar-refractivity contribution in [1.82, 2.24) is 0 Å². The predicted octanol–water partition coefficient (Wildman–Crippen LogP) is 4.27. The molecule has 0 aliphatic rings. The van der Waals surface area contributed by atoms with E-state index in [1.54, 1.807) is 42.5 Å². The molecule has 1 N–H and O–H groups in total. The molecule has 0 spiro atoms. The molecule has 0 aliphatic carbocycles. The maximum absolute atomic E-state index is 11.3. The van der Waals surface area contributed by atoms with Crippen LogP contribution in [0.5, 0.6) is 0 Å². The van der Waals surface area contributed by atoms with Gasteiger partial charge in [0.05, 0.1) is 17.2 Å². The minimum atomic E-state index is -0.954. The van der Waals surface area contributed by atoms with E-state index >= 15 is 0 Å². The third-order valence-corrected chi connectivity index (χ3v) is 3.23. The van der Waals surface area contributed by atoms with E-state index in [1.807, 2.05) is 31.2 Å². The lowest BCUT2D eigenvalue weighted by Gasteiger charge is -2.05. The van der Waals surface area contributed by atoms with Crippen LogP contribution in [0, 0.1) is 11.3 Å². The van der Waals surface area contributed by atoms with Gasteiger partial charge in [-0.05, 0) is 41.8 Å². The molecule has 0 aliphatic heterocycles. The standard InChI is InChI=1S/C19H15NO2/c1-2-3-4-18(19(21)22)17-11-9-16(10-12-17)15-7-5-14(13-20)6-8-15/h2-12H,1H3,(H,21,22). The number of carbonyl (C=O) groups is 1. The van der Waals surface area contributed by atoms with E-state index in [4.69, 9.17) is 5.26 Å². The molecule has 0 heterocycles. The van der Waals surface area contributed by atoms with Gasteiger partial charge in [0.2, 0.25) is 0 Å². The highest BCUT2D eigenvalue weighted by Crippen LogP contribution is 2.23. The lowest BCUT2D eigenvalue weighted by molar-refractivity contribution is -0.130. The van der Waals surface area contributed by atoms with Crippen LogP contribution in [0.25, 0.3) is 16.7 Å². The largest absolute Gasteiger partial charge is 0.478 e. The number of hydrogen-bond acceptors (Lipinski definition) is 2. The summed E-state index contributed by atoms with van der Waals surface area (Å²) in [4.78, 5) is 11.3. The molecule has 2 rings (SSSR count). The molecule has 0 bridgehead atoms. The van der Waals surface area contributed by atoms with Crippen molar-refractivity contribution < 1.29 is 9.90 Å². The van der Waals surface area contributed by atoms with Gasteiger partial charge in [-0.25, -0.2) is 4.79 Å². The van der Waals surface area contributed by atoms with Gasteiger partial charge in [-0.3, -0.25) is 0 Å². The predicted molar refractivity (Wildman–Crippen MR) is 87.0 cm³/mol. The molecule has 0 saturated heterocycles. The SMILES string of the molecule is CC=CC=C(C(=O)O)c1ccc(-c2ccc(C#N)cc2)cc1. The number of hydrogen-bond donors (Lipinski definition) is 1. The van der Waals surface area contributed by atoms with Crippen molar-refractivity contribution in [3.05, 3.63) is 77.9 Å². The van der Waals surface area contributed by atoms with Crippen molar-refractivity contribution in [2.24, 2.45) is 0 Å². The van der Waals surface area contributed by atoms with Gasteiger partial charge in [-0.1, -0.05) is 48.6 Å². The van der Waals surface area contributed by atoms with Crippen LogP contribution in [-0.4, -0.2) is 11.1 Å². The number of nitriles is 1. The van der Waals surface area contributed by atoms with Gasteiger partial charge in [-0.15, -0.1) is 0 Å². The summed E-state index contributed by atoms with van der Waals surface area (Å²) in [6.07, 6.45) is 5.07. The van der Waals surface area contributed by atoms with Gasteiger partial charge in [0.25, 0.3) is 0 Å². The van der Waals surface area contributed by atoms with Gasteiger partial charge in [0.15, 0.2) is 0 Å². The van der Waals surface area contributed by atoms with Crippen molar-refractivity contribution in [3.63, 3.8) is 0 Å². The maximum Gasteiger partial charge on any atom is 0.336 e. The molecule has 0 radical (unpaired) electrons. The van der Waals surface area contributed by atoms with Crippen LogP contribution >= 0.6 is 0 Å². The van der Waals surface area contributed by atoms with Crippen LogP contribution in [0.1, 0.15) is 18.1 Å². The minimum absolute atomic E-state index is 0.254. The molecule has 0 amide bonds. The summed E-state index contributed by atoms with van der Waals surface area (Å²) in [7, 11) is 0. The lowest BCUT2D eigenvalue weighted by Crippen LogP contribution is -1.99. The van der Waals surface area contributed by atoms with Gasteiger partial charge in [-0.2, -0.15) is 5.26 Å². The Morgan fingerprint density at radius 2 is 1.59 bits per heavy atom. The van der Waals surface area contributed by atoms with E-state index in [0.29, 0.717) is 11.1 Å². The molecule has 0 unspecified atom stereocenters. The van der Waals surface area contributed by atoms with E-state index < -0.39 is 5.97 Å². The first kappa shape index (κ1) is 15.3. The van der Waals surface area contributed by atoms with Crippen LogP contribution < -0.4 is 0 Å². The quantitative estimate of drug-likeness (QED) is 0.675. The number of carboxylic acids is 1. The average Bonchev–Trinajstić information content (AvgIpc) is 2.55. The molecular weight excluding hydrogens is 274 g/mol. The topological polar surface area (TPSA) is 61.1 Å². The second kappa shape index (κ2) is 7.05. The molecule has 0 atom stereocenters. The number of rotatable bonds is 4. The Bertz CT molecular complexity index is 761. The van der Waals surface area contributed by atoms with E-state index in [-0.39, 0.29) is 5.57 Å². The zero-order chi connectivity index (χ0) is 15.9. The van der Waals surface area contributed by atoms with Gasteiger partial charge < -0.3 is 5.11 Å². The number of nitrogens with zero attached hydrogens (tertiary/aromatic N) is 1. The fourth-order valence-electron chi connectivity index (χ4n) is 2.06. The Morgan fingerprint density at radius 3 is 2.05 bits per heavy atom. The third kappa shape index (κ3) is 3.50. The first-order chi connectivity index (χ1) is 10.7. The fourth-order valence-corrected chi connectivity index (χ4v) is 2.06. The maximum atomic E-state index is 11.3. The Morgan fingerprint density at radius 1 is 1.05 bits per heavy atom. The zero-order valence-corrected chi connectivity index (χ0v) is 12.2. The van der Waals surface area contributed by atoms with E-state index in [9.17, 15) is 9.90 Å². The second-order valence-corrected chi connectivity index (χ2v) is 4.68. The summed E-state index contributed by atoms with van der Waals surface area (Å²) < 4.78 is 0. The molecule has 3 heteroatoms. The van der Waals surface area contributed by atoms with Crippen LogP contribution in [0.3, 0.4) is 0 Å². The van der Waals surface area contributed by atoms with Gasteiger partial charge in [0, 0.05) is 0 Å². The molecule has 2 aromatic carbocycles. The average molecular weight is 289 g/mol. The number of benzene rings is 2. The molecule has 3 nitrogen and oxygen atoms in total. The second-order valence-electron chi connectivity index (χ2n) is 4.68. The van der Waals surface area contributed by atoms with E-state index in [2.05, 4.69) is 6.07 Å². The molecule has 0 aromatic heterocycles. The summed E-state index contributed by atoms with van der Waals surface area (Å²) in [5.74, 6) is -0.954. The number of carboxylic acid groups (broad SMARTS) is 1. The molecule has 0 fully saturated rings. The summed E-state index contributed by atoms with van der Waals surface area (Å²) in [5.41, 5.74) is 3.49. The molecular formula is C19H15NO2.